The van der Waals surface area contributed by atoms with E-state index in [0.717, 1.165) is 18.4 Å². The Morgan fingerprint density at radius 1 is 1.43 bits per heavy atom. The highest BCUT2D eigenvalue weighted by atomic mass is 32.2. The lowest BCUT2D eigenvalue weighted by molar-refractivity contribution is 0.281. The third kappa shape index (κ3) is 3.92. The lowest BCUT2D eigenvalue weighted by atomic mass is 10.0. The highest BCUT2D eigenvalue weighted by molar-refractivity contribution is 7.89. The molecule has 1 aliphatic heterocycles. The van der Waals surface area contributed by atoms with E-state index in [4.69, 9.17) is 10.9 Å². The van der Waals surface area contributed by atoms with Gasteiger partial charge in [0, 0.05) is 18.9 Å². The molecule has 0 radical (unpaired) electrons. The Bertz CT molecular complexity index is 589. The molecule has 1 aliphatic rings. The van der Waals surface area contributed by atoms with Crippen LogP contribution in [0.25, 0.3) is 0 Å². The van der Waals surface area contributed by atoms with Gasteiger partial charge in [-0.05, 0) is 37.0 Å². The number of hydrogen-bond donors (Lipinski definition) is 2. The molecule has 0 bridgehead atoms. The summed E-state index contributed by atoms with van der Waals surface area (Å²) in [6, 6.07) is 3.06. The molecule has 2 rings (SSSR count). The van der Waals surface area contributed by atoms with E-state index < -0.39 is 16.1 Å². The zero-order valence-corrected chi connectivity index (χ0v) is 12.5. The molecule has 3 N–H and O–H groups in total. The zero-order valence-electron chi connectivity index (χ0n) is 11.7. The van der Waals surface area contributed by atoms with Gasteiger partial charge >= 0.3 is 0 Å². The van der Waals surface area contributed by atoms with Gasteiger partial charge in [-0.1, -0.05) is 11.6 Å². The molecule has 0 saturated carbocycles. The maximum Gasteiger partial charge on any atom is 0.215 e. The van der Waals surface area contributed by atoms with Crippen molar-refractivity contribution >= 4 is 15.9 Å². The van der Waals surface area contributed by atoms with Gasteiger partial charge in [0.05, 0.1) is 11.8 Å². The van der Waals surface area contributed by atoms with Crippen molar-refractivity contribution < 1.29 is 13.6 Å². The van der Waals surface area contributed by atoms with E-state index in [0.29, 0.717) is 19.4 Å². The van der Waals surface area contributed by atoms with Crippen LogP contribution in [-0.2, 0) is 16.4 Å². The fourth-order valence-electron chi connectivity index (χ4n) is 2.51. The Balaban J connectivity index is 2.09. The molecule has 116 valence electrons. The normalized spacial score (nSPS) is 21.3. The van der Waals surface area contributed by atoms with Crippen molar-refractivity contribution in [2.75, 3.05) is 12.3 Å². The first kappa shape index (κ1) is 15.7. The molecule has 0 spiro atoms. The van der Waals surface area contributed by atoms with E-state index in [1.165, 1.54) is 4.31 Å². The number of oxime groups is 1. The molecule has 1 atom stereocenters. The lowest BCUT2D eigenvalue weighted by Crippen LogP contribution is -2.51. The standard InChI is InChI=1S/C13H20N4O3S/c14-13(16-18)12-3-1-2-9-17(12)21(19,20)10-6-11-4-7-15-8-5-11/h4-5,7-8,12,18H,1-3,6,9-10H2,(H2,14,16). The summed E-state index contributed by atoms with van der Waals surface area (Å²) in [5.74, 6) is -0.0335. The van der Waals surface area contributed by atoms with Crippen molar-refractivity contribution in [3.63, 3.8) is 0 Å². The fraction of sp³-hybridized carbons (Fsp3) is 0.538. The average Bonchev–Trinajstić information content (AvgIpc) is 2.53. The van der Waals surface area contributed by atoms with Crippen molar-refractivity contribution in [1.82, 2.24) is 9.29 Å². The fourth-order valence-corrected chi connectivity index (χ4v) is 4.25. The monoisotopic (exact) mass is 312 g/mol. The number of piperidine rings is 1. The molecule has 0 aromatic carbocycles. The Hall–Kier alpha value is -1.67. The van der Waals surface area contributed by atoms with Crippen LogP contribution in [-0.4, -0.2) is 47.1 Å². The molecule has 1 unspecified atom stereocenters. The van der Waals surface area contributed by atoms with Gasteiger partial charge < -0.3 is 10.9 Å². The van der Waals surface area contributed by atoms with E-state index in [1.54, 1.807) is 24.5 Å². The van der Waals surface area contributed by atoms with Crippen LogP contribution < -0.4 is 5.73 Å². The van der Waals surface area contributed by atoms with Crippen molar-refractivity contribution in [3.8, 4) is 0 Å². The average molecular weight is 312 g/mol. The Labute approximate surface area is 124 Å². The van der Waals surface area contributed by atoms with Crippen LogP contribution >= 0.6 is 0 Å². The molecule has 1 fully saturated rings. The highest BCUT2D eigenvalue weighted by Crippen LogP contribution is 2.21. The molecule has 1 saturated heterocycles. The molecule has 2 heterocycles. The summed E-state index contributed by atoms with van der Waals surface area (Å²) in [5.41, 5.74) is 6.55. The third-order valence-corrected chi connectivity index (χ3v) is 5.54. The van der Waals surface area contributed by atoms with Crippen LogP contribution in [0.1, 0.15) is 24.8 Å². The number of sulfonamides is 1. The van der Waals surface area contributed by atoms with E-state index in [2.05, 4.69) is 10.1 Å². The topological polar surface area (TPSA) is 109 Å². The predicted molar refractivity (Wildman–Crippen MR) is 79.5 cm³/mol. The first-order valence-corrected chi connectivity index (χ1v) is 8.51. The minimum atomic E-state index is -3.44. The van der Waals surface area contributed by atoms with Crippen molar-refractivity contribution in [2.45, 2.75) is 31.7 Å². The summed E-state index contributed by atoms with van der Waals surface area (Å²) in [4.78, 5) is 3.91. The Morgan fingerprint density at radius 2 is 2.14 bits per heavy atom. The van der Waals surface area contributed by atoms with E-state index >= 15 is 0 Å². The van der Waals surface area contributed by atoms with Crippen molar-refractivity contribution in [3.05, 3.63) is 30.1 Å². The van der Waals surface area contributed by atoms with Crippen LogP contribution in [0.15, 0.2) is 29.7 Å². The molecule has 1 aromatic rings. The first-order chi connectivity index (χ1) is 10.0. The molecule has 0 amide bonds. The molecule has 7 nitrogen and oxygen atoms in total. The Kier molecular flexibility index (Phi) is 5.13. The lowest BCUT2D eigenvalue weighted by Gasteiger charge is -2.33. The van der Waals surface area contributed by atoms with Gasteiger partial charge in [0.15, 0.2) is 5.84 Å². The van der Waals surface area contributed by atoms with Gasteiger partial charge in [-0.3, -0.25) is 4.98 Å². The largest absolute Gasteiger partial charge is 0.409 e. The van der Waals surface area contributed by atoms with Gasteiger partial charge in [-0.25, -0.2) is 8.42 Å². The van der Waals surface area contributed by atoms with Gasteiger partial charge in [0.25, 0.3) is 0 Å². The minimum absolute atomic E-state index is 0.00617. The predicted octanol–water partition coefficient (Wildman–Crippen LogP) is 0.555. The SMILES string of the molecule is NC(=NO)C1CCCCN1S(=O)(=O)CCc1ccncc1. The quantitative estimate of drug-likeness (QED) is 0.357. The molecule has 1 aromatic heterocycles. The van der Waals surface area contributed by atoms with Crippen molar-refractivity contribution in [2.24, 2.45) is 10.9 Å². The van der Waals surface area contributed by atoms with E-state index in [9.17, 15) is 8.42 Å². The highest BCUT2D eigenvalue weighted by Gasteiger charge is 2.34. The van der Waals surface area contributed by atoms with Crippen LogP contribution in [0, 0.1) is 0 Å². The number of nitrogens with two attached hydrogens (primary N) is 1. The van der Waals surface area contributed by atoms with E-state index in [1.807, 2.05) is 0 Å². The zero-order chi connectivity index (χ0) is 15.3. The molecular formula is C13H20N4O3S. The Morgan fingerprint density at radius 3 is 2.81 bits per heavy atom. The second-order valence-electron chi connectivity index (χ2n) is 5.07. The van der Waals surface area contributed by atoms with Crippen LogP contribution in [0.4, 0.5) is 0 Å². The summed E-state index contributed by atoms with van der Waals surface area (Å²) < 4.78 is 26.4. The molecule has 0 aliphatic carbocycles. The number of pyridine rings is 1. The smallest absolute Gasteiger partial charge is 0.215 e. The van der Waals surface area contributed by atoms with Crippen LogP contribution in [0.5, 0.6) is 0 Å². The number of aryl methyl sites for hydroxylation is 1. The van der Waals surface area contributed by atoms with Gasteiger partial charge in [0.1, 0.15) is 0 Å². The summed E-state index contributed by atoms with van der Waals surface area (Å²) >= 11 is 0. The van der Waals surface area contributed by atoms with Gasteiger partial charge in [-0.2, -0.15) is 4.31 Å². The number of rotatable bonds is 5. The number of hydrogen-bond acceptors (Lipinski definition) is 5. The first-order valence-electron chi connectivity index (χ1n) is 6.90. The summed E-state index contributed by atoms with van der Waals surface area (Å²) in [5, 5.41) is 11.8. The summed E-state index contributed by atoms with van der Waals surface area (Å²) in [6.45, 7) is 0.416. The number of nitrogens with zero attached hydrogens (tertiary/aromatic N) is 3. The van der Waals surface area contributed by atoms with Gasteiger partial charge in [-0.15, -0.1) is 0 Å². The number of amidine groups is 1. The maximum absolute atomic E-state index is 12.5. The molecular weight excluding hydrogens is 292 g/mol. The third-order valence-electron chi connectivity index (χ3n) is 3.67. The minimum Gasteiger partial charge on any atom is -0.409 e. The maximum atomic E-state index is 12.5. The van der Waals surface area contributed by atoms with Crippen molar-refractivity contribution in [1.29, 1.82) is 0 Å². The second-order valence-corrected chi connectivity index (χ2v) is 7.11. The number of aromatic nitrogens is 1. The summed E-state index contributed by atoms with van der Waals surface area (Å²) in [7, 11) is -3.44. The van der Waals surface area contributed by atoms with E-state index in [-0.39, 0.29) is 11.6 Å². The van der Waals surface area contributed by atoms with Gasteiger partial charge in [0.2, 0.25) is 10.0 Å². The van der Waals surface area contributed by atoms with Crippen LogP contribution in [0.2, 0.25) is 0 Å². The van der Waals surface area contributed by atoms with Crippen LogP contribution in [0.3, 0.4) is 0 Å². The molecule has 21 heavy (non-hydrogen) atoms. The second kappa shape index (κ2) is 6.86. The summed E-state index contributed by atoms with van der Waals surface area (Å²) in [6.07, 6.45) is 5.96. The molecule has 8 heteroatoms.